The van der Waals surface area contributed by atoms with E-state index >= 15 is 0 Å². The van der Waals surface area contributed by atoms with E-state index in [9.17, 15) is 0 Å². The average molecular weight is 822 g/mol. The number of benzene rings is 7. The molecule has 0 bridgehead atoms. The Morgan fingerprint density at radius 2 is 1.39 bits per heavy atom. The van der Waals surface area contributed by atoms with Crippen molar-refractivity contribution in [1.82, 2.24) is 14.1 Å². The maximum atomic E-state index is 5.28. The summed E-state index contributed by atoms with van der Waals surface area (Å²) in [6.07, 6.45) is 2.32. The number of hydrogen-bond donors (Lipinski definition) is 1. The van der Waals surface area contributed by atoms with Crippen LogP contribution in [0.2, 0.25) is 0 Å². The lowest BCUT2D eigenvalue weighted by molar-refractivity contribution is 0.332. The molecular weight excluding hydrogens is 772 g/mol. The molecule has 0 saturated heterocycles. The largest absolute Gasteiger partial charge is 0.355 e. The third-order valence-electron chi connectivity index (χ3n) is 14.4. The van der Waals surface area contributed by atoms with Gasteiger partial charge in [-0.15, -0.1) is 11.3 Å². The van der Waals surface area contributed by atoms with Crippen molar-refractivity contribution in [3.05, 3.63) is 144 Å². The predicted octanol–water partition coefficient (Wildman–Crippen LogP) is 13.7. The second-order valence-electron chi connectivity index (χ2n) is 20.3. The van der Waals surface area contributed by atoms with Crippen LogP contribution in [0.5, 0.6) is 0 Å². The standard InChI is InChI=1S/C56H50BN4S/c1-54(2,3)33-18-20-34(21-19-33)58-44-28-42-41(55(4,5)24-25-56(42,6)7)27-38(44)36-22-23-37-39-26-40-35-16-12-13-17-49(35)62-50(40)31-46(39)61-47-30-48-45(29-43(47)57-51(36)52(37)61)59-53(60(48)8)32-14-10-9-11-15-32/h9-23,26-31,58H,24-25H2,1-8H3. The van der Waals surface area contributed by atoms with Crippen LogP contribution >= 0.6 is 11.3 Å². The molecule has 1 N–H and O–H groups in total. The number of aryl methyl sites for hydroxylation is 1. The molecule has 0 amide bonds. The summed E-state index contributed by atoms with van der Waals surface area (Å²) in [4.78, 5) is 5.28. The first-order valence-electron chi connectivity index (χ1n) is 22.1. The molecule has 12 rings (SSSR count). The van der Waals surface area contributed by atoms with Crippen LogP contribution in [0.4, 0.5) is 11.4 Å². The maximum absolute atomic E-state index is 5.28. The molecule has 1 aliphatic heterocycles. The summed E-state index contributed by atoms with van der Waals surface area (Å²) in [5.74, 6) is 0.974. The zero-order valence-corrected chi connectivity index (χ0v) is 37.7. The van der Waals surface area contributed by atoms with Crippen LogP contribution in [0.3, 0.4) is 0 Å². The van der Waals surface area contributed by atoms with E-state index in [-0.39, 0.29) is 16.2 Å². The monoisotopic (exact) mass is 821 g/mol. The van der Waals surface area contributed by atoms with Crippen molar-refractivity contribution in [3.8, 4) is 28.2 Å². The van der Waals surface area contributed by atoms with Crippen molar-refractivity contribution in [2.24, 2.45) is 7.05 Å². The quantitative estimate of drug-likeness (QED) is 0.180. The number of fused-ring (bicyclic) bond motifs is 10. The molecule has 0 spiro atoms. The second kappa shape index (κ2) is 13.0. The topological polar surface area (TPSA) is 34.8 Å². The number of nitrogens with one attached hydrogen (secondary N) is 1. The Labute approximate surface area is 368 Å². The molecule has 3 aromatic heterocycles. The Kier molecular flexibility index (Phi) is 7.87. The molecule has 10 aromatic rings. The third-order valence-corrected chi connectivity index (χ3v) is 15.5. The SMILES string of the molecule is Cn1c(-c2ccccc2)nc2cc3c(cc21)-n1c2cc4sc5ccccc5c4cc2c2ccc(-c4cc5c(cc4Nc4ccc(C(C)(C)C)cc4)C(C)(C)CCC5(C)C)c(c21)[B]3. The first-order valence-corrected chi connectivity index (χ1v) is 23.0. The van der Waals surface area contributed by atoms with Crippen molar-refractivity contribution in [2.45, 2.75) is 77.6 Å². The van der Waals surface area contributed by atoms with Gasteiger partial charge in [-0.25, -0.2) is 4.98 Å². The van der Waals surface area contributed by atoms with Gasteiger partial charge in [0.2, 0.25) is 0 Å². The van der Waals surface area contributed by atoms with E-state index in [0.717, 1.165) is 46.6 Å². The summed E-state index contributed by atoms with van der Waals surface area (Å²) < 4.78 is 7.46. The summed E-state index contributed by atoms with van der Waals surface area (Å²) >= 11 is 1.89. The molecule has 303 valence electrons. The van der Waals surface area contributed by atoms with Crippen molar-refractivity contribution < 1.29 is 0 Å². The molecule has 4 heterocycles. The zero-order valence-electron chi connectivity index (χ0n) is 36.9. The Balaban J connectivity index is 1.15. The minimum atomic E-state index is 0.0502. The number of imidazole rings is 1. The first-order chi connectivity index (χ1) is 29.7. The van der Waals surface area contributed by atoms with Crippen LogP contribution in [0.15, 0.2) is 127 Å². The van der Waals surface area contributed by atoms with Gasteiger partial charge in [0.05, 0.1) is 16.6 Å². The molecule has 1 aliphatic carbocycles. The number of thiophene rings is 1. The maximum Gasteiger partial charge on any atom is 0.198 e. The molecule has 1 radical (unpaired) electrons. The summed E-state index contributed by atoms with van der Waals surface area (Å²) in [5.41, 5.74) is 18.5. The van der Waals surface area contributed by atoms with E-state index in [1.807, 2.05) is 11.3 Å². The van der Waals surface area contributed by atoms with Crippen LogP contribution in [0, 0.1) is 0 Å². The van der Waals surface area contributed by atoms with Gasteiger partial charge in [-0.3, -0.25) is 0 Å². The summed E-state index contributed by atoms with van der Waals surface area (Å²) in [7, 11) is 4.60. The van der Waals surface area contributed by atoms with Crippen LogP contribution < -0.4 is 16.2 Å². The molecule has 0 atom stereocenters. The highest BCUT2D eigenvalue weighted by Gasteiger charge is 2.38. The van der Waals surface area contributed by atoms with Crippen molar-refractivity contribution in [2.75, 3.05) is 5.32 Å². The Hall–Kier alpha value is -6.11. The number of nitrogens with zero attached hydrogens (tertiary/aromatic N) is 3. The molecule has 7 aromatic carbocycles. The highest BCUT2D eigenvalue weighted by atomic mass is 32.1. The van der Waals surface area contributed by atoms with Crippen molar-refractivity contribution in [3.63, 3.8) is 0 Å². The lowest BCUT2D eigenvalue weighted by Crippen LogP contribution is -2.37. The molecule has 0 saturated carbocycles. The number of aromatic nitrogens is 3. The fraction of sp³-hybridized carbons (Fsp3) is 0.232. The van der Waals surface area contributed by atoms with Crippen LogP contribution in [0.1, 0.15) is 78.0 Å². The fourth-order valence-corrected chi connectivity index (χ4v) is 11.8. The van der Waals surface area contributed by atoms with Crippen molar-refractivity contribution in [1.29, 1.82) is 0 Å². The Morgan fingerprint density at radius 3 is 2.15 bits per heavy atom. The summed E-state index contributed by atoms with van der Waals surface area (Å²) in [6.45, 7) is 16.6. The molecule has 4 nitrogen and oxygen atoms in total. The predicted molar refractivity (Wildman–Crippen MR) is 268 cm³/mol. The minimum absolute atomic E-state index is 0.0502. The minimum Gasteiger partial charge on any atom is -0.355 e. The van der Waals surface area contributed by atoms with Gasteiger partial charge in [-0.1, -0.05) is 127 Å². The average Bonchev–Trinajstić information content (AvgIpc) is 3.90. The molecule has 62 heavy (non-hydrogen) atoms. The van der Waals surface area contributed by atoms with Gasteiger partial charge in [0.15, 0.2) is 7.28 Å². The second-order valence-corrected chi connectivity index (χ2v) is 21.4. The smallest absolute Gasteiger partial charge is 0.198 e. The third kappa shape index (κ3) is 5.55. The van der Waals surface area contributed by atoms with Gasteiger partial charge >= 0.3 is 0 Å². The molecule has 0 unspecified atom stereocenters. The summed E-state index contributed by atoms with van der Waals surface area (Å²) in [6, 6.07) is 47.9. The summed E-state index contributed by atoms with van der Waals surface area (Å²) in [5, 5.41) is 9.20. The van der Waals surface area contributed by atoms with E-state index in [1.54, 1.807) is 0 Å². The van der Waals surface area contributed by atoms with E-state index in [0.29, 0.717) is 0 Å². The lowest BCUT2D eigenvalue weighted by atomic mass is 9.58. The van der Waals surface area contributed by atoms with Gasteiger partial charge in [0.1, 0.15) is 5.82 Å². The van der Waals surface area contributed by atoms with Crippen LogP contribution in [0.25, 0.3) is 81.2 Å². The van der Waals surface area contributed by atoms with Crippen LogP contribution in [-0.4, -0.2) is 21.4 Å². The van der Waals surface area contributed by atoms with Crippen molar-refractivity contribution >= 4 is 93.9 Å². The van der Waals surface area contributed by atoms with Gasteiger partial charge in [-0.2, -0.15) is 0 Å². The van der Waals surface area contributed by atoms with E-state index < -0.39 is 0 Å². The molecule has 6 heteroatoms. The number of hydrogen-bond acceptors (Lipinski definition) is 3. The Bertz CT molecular complexity index is 3500. The van der Waals surface area contributed by atoms with Gasteiger partial charge < -0.3 is 14.5 Å². The first kappa shape index (κ1) is 37.6. The highest BCUT2D eigenvalue weighted by Crippen LogP contribution is 2.50. The van der Waals surface area contributed by atoms with E-state index in [2.05, 4.69) is 205 Å². The highest BCUT2D eigenvalue weighted by molar-refractivity contribution is 7.25. The number of anilines is 2. The van der Waals surface area contributed by atoms with Crippen LogP contribution in [-0.2, 0) is 23.3 Å². The molecule has 0 fully saturated rings. The van der Waals surface area contributed by atoms with Gasteiger partial charge in [-0.05, 0) is 111 Å². The van der Waals surface area contributed by atoms with E-state index in [4.69, 9.17) is 4.98 Å². The number of rotatable bonds is 4. The lowest BCUT2D eigenvalue weighted by Gasteiger charge is -2.42. The normalized spacial score (nSPS) is 15.4. The molecule has 2 aliphatic rings. The molecular formula is C56H50BN4S. The zero-order chi connectivity index (χ0) is 42.4. The van der Waals surface area contributed by atoms with Gasteiger partial charge in [0, 0.05) is 71.7 Å². The van der Waals surface area contributed by atoms with E-state index in [1.165, 1.54) is 86.4 Å². The fourth-order valence-electron chi connectivity index (χ4n) is 10.7. The van der Waals surface area contributed by atoms with Gasteiger partial charge in [0.25, 0.3) is 0 Å². The Morgan fingerprint density at radius 1 is 0.661 bits per heavy atom.